The van der Waals surface area contributed by atoms with Gasteiger partial charge in [0.05, 0.1) is 11.0 Å². The molecule has 0 saturated heterocycles. The number of benzene rings is 6. The van der Waals surface area contributed by atoms with Gasteiger partial charge in [-0.25, -0.2) is 0 Å². The molecule has 0 saturated carbocycles. The van der Waals surface area contributed by atoms with Gasteiger partial charge in [0, 0.05) is 21.8 Å². The third kappa shape index (κ3) is 4.13. The monoisotopic (exact) mass is 514 g/mol. The van der Waals surface area contributed by atoms with Gasteiger partial charge in [0.25, 0.3) is 0 Å². The zero-order valence-electron chi connectivity index (χ0n) is 22.4. The van der Waals surface area contributed by atoms with Crippen molar-refractivity contribution in [3.05, 3.63) is 144 Å². The van der Waals surface area contributed by atoms with E-state index in [1.165, 1.54) is 76.6 Å². The van der Waals surface area contributed by atoms with E-state index in [-0.39, 0.29) is 0 Å². The Balaban J connectivity index is 1.13. The molecule has 0 spiro atoms. The maximum Gasteiger partial charge on any atom is 0.0725 e. The smallest absolute Gasteiger partial charge is 0.0725 e. The van der Waals surface area contributed by atoms with E-state index in [4.69, 9.17) is 0 Å². The second kappa shape index (κ2) is 9.43. The zero-order valence-corrected chi connectivity index (χ0v) is 22.4. The molecule has 2 N–H and O–H groups in total. The minimum absolute atomic E-state index is 1.05. The lowest BCUT2D eigenvalue weighted by molar-refractivity contribution is 0.962. The van der Waals surface area contributed by atoms with Crippen LogP contribution < -0.4 is 0 Å². The molecule has 0 aliphatic carbocycles. The van der Waals surface area contributed by atoms with Crippen molar-refractivity contribution in [1.29, 1.82) is 0 Å². The minimum atomic E-state index is 1.05. The van der Waals surface area contributed by atoms with Crippen LogP contribution in [0.3, 0.4) is 0 Å². The lowest BCUT2D eigenvalue weighted by Crippen LogP contribution is -1.91. The summed E-state index contributed by atoms with van der Waals surface area (Å²) < 4.78 is 0. The summed E-state index contributed by atoms with van der Waals surface area (Å²) in [6, 6.07) is 44.6. The quantitative estimate of drug-likeness (QED) is 0.221. The summed E-state index contributed by atoms with van der Waals surface area (Å²) in [6.07, 6.45) is 4.23. The van der Waals surface area contributed by atoms with Gasteiger partial charge in [0.1, 0.15) is 0 Å². The molecule has 0 fully saturated rings. The van der Waals surface area contributed by atoms with Gasteiger partial charge in [0.15, 0.2) is 0 Å². The second-order valence-corrected chi connectivity index (χ2v) is 11.1. The molecule has 0 aliphatic heterocycles. The number of H-pyrrole nitrogens is 2. The van der Waals surface area contributed by atoms with Gasteiger partial charge in [-0.05, 0) is 93.7 Å². The molecular formula is C38H30N2. The summed E-state index contributed by atoms with van der Waals surface area (Å²) >= 11 is 0. The van der Waals surface area contributed by atoms with Crippen LogP contribution in [0.5, 0.6) is 0 Å². The van der Waals surface area contributed by atoms with Crippen LogP contribution >= 0.6 is 0 Å². The van der Waals surface area contributed by atoms with Gasteiger partial charge in [0.2, 0.25) is 0 Å². The Kier molecular flexibility index (Phi) is 5.44. The second-order valence-electron chi connectivity index (χ2n) is 11.1. The van der Waals surface area contributed by atoms with Gasteiger partial charge in [-0.15, -0.1) is 0 Å². The first kappa shape index (κ1) is 23.1. The van der Waals surface area contributed by atoms with Gasteiger partial charge in [-0.3, -0.25) is 0 Å². The van der Waals surface area contributed by atoms with E-state index in [9.17, 15) is 0 Å². The molecule has 0 unspecified atom stereocenters. The number of hydrogen-bond donors (Lipinski definition) is 2. The fraction of sp³-hybridized carbons (Fsp3) is 0.105. The molecule has 40 heavy (non-hydrogen) atoms. The molecule has 2 heteroatoms. The normalized spacial score (nSPS) is 11.9. The third-order valence-corrected chi connectivity index (χ3v) is 8.48. The number of fused-ring (bicyclic) bond motifs is 7. The molecular weight excluding hydrogens is 484 g/mol. The summed E-state index contributed by atoms with van der Waals surface area (Å²) in [4.78, 5) is 7.51. The van der Waals surface area contributed by atoms with E-state index < -0.39 is 0 Å². The number of hydrogen-bond acceptors (Lipinski definition) is 0. The molecule has 0 bridgehead atoms. The van der Waals surface area contributed by atoms with E-state index in [2.05, 4.69) is 131 Å². The SMILES string of the molecule is c1ccc(CCc2ccc3cc4c(cc3c2)[nH]c2c3cc5ccc(CCc6ccccc6)cc5cc3[nH]c42)cc1. The first-order valence-corrected chi connectivity index (χ1v) is 14.3. The third-order valence-electron chi connectivity index (χ3n) is 8.48. The maximum absolute atomic E-state index is 3.75. The summed E-state index contributed by atoms with van der Waals surface area (Å²) in [6.45, 7) is 0. The van der Waals surface area contributed by atoms with Gasteiger partial charge < -0.3 is 9.97 Å². The molecule has 0 aliphatic rings. The average molecular weight is 515 g/mol. The number of aromatic nitrogens is 2. The molecule has 0 amide bonds. The van der Waals surface area contributed by atoms with Crippen LogP contribution in [0.25, 0.3) is 54.4 Å². The standard InChI is InChI=1S/C38H30N2/c1-3-7-25(8-4-1)11-13-27-15-17-29-21-33-35(23-31(29)19-27)39-38-34-22-30-18-16-28(14-12-26-9-5-2-6-10-26)20-32(30)24-36(34)40-37(33)38/h1-10,15-24,39-40H,11-14H2. The number of nitrogens with one attached hydrogen (secondary N) is 2. The highest BCUT2D eigenvalue weighted by Crippen LogP contribution is 2.36. The highest BCUT2D eigenvalue weighted by atomic mass is 14.8. The number of rotatable bonds is 6. The average Bonchev–Trinajstić information content (AvgIpc) is 3.52. The van der Waals surface area contributed by atoms with Crippen LogP contribution in [-0.4, -0.2) is 9.97 Å². The van der Waals surface area contributed by atoms with E-state index >= 15 is 0 Å². The van der Waals surface area contributed by atoms with Crippen molar-refractivity contribution in [2.24, 2.45) is 0 Å². The Morgan fingerprint density at radius 2 is 0.775 bits per heavy atom. The van der Waals surface area contributed by atoms with Gasteiger partial charge in [-0.1, -0.05) is 97.1 Å². The van der Waals surface area contributed by atoms with Gasteiger partial charge in [-0.2, -0.15) is 0 Å². The molecule has 8 rings (SSSR count). The summed E-state index contributed by atoms with van der Waals surface area (Å²) in [5.41, 5.74) is 10.3. The predicted molar refractivity (Wildman–Crippen MR) is 170 cm³/mol. The Labute approximate surface area is 233 Å². The lowest BCUT2D eigenvalue weighted by Gasteiger charge is -2.06. The van der Waals surface area contributed by atoms with Crippen molar-refractivity contribution in [3.63, 3.8) is 0 Å². The van der Waals surface area contributed by atoms with Crippen LogP contribution in [0, 0.1) is 0 Å². The fourth-order valence-electron chi connectivity index (χ4n) is 6.29. The Morgan fingerprint density at radius 3 is 1.23 bits per heavy atom. The summed E-state index contributed by atoms with van der Waals surface area (Å²) in [5.74, 6) is 0. The fourth-order valence-corrected chi connectivity index (χ4v) is 6.29. The topological polar surface area (TPSA) is 31.6 Å². The number of aromatic amines is 2. The molecule has 6 aromatic carbocycles. The van der Waals surface area contributed by atoms with E-state index in [1.54, 1.807) is 0 Å². The molecule has 2 nitrogen and oxygen atoms in total. The zero-order chi connectivity index (χ0) is 26.5. The predicted octanol–water partition coefficient (Wildman–Crippen LogP) is 9.68. The van der Waals surface area contributed by atoms with Crippen molar-refractivity contribution in [3.8, 4) is 0 Å². The van der Waals surface area contributed by atoms with Crippen LogP contribution in [-0.2, 0) is 25.7 Å². The Morgan fingerprint density at radius 1 is 0.350 bits per heavy atom. The molecule has 2 aromatic heterocycles. The Hall–Kier alpha value is -4.82. The van der Waals surface area contributed by atoms with Crippen LogP contribution in [0.1, 0.15) is 22.3 Å². The Bertz CT molecular complexity index is 1990. The van der Waals surface area contributed by atoms with E-state index in [1.807, 2.05) is 0 Å². The molecule has 0 atom stereocenters. The molecule has 0 radical (unpaired) electrons. The summed E-state index contributed by atoms with van der Waals surface area (Å²) in [5, 5.41) is 7.65. The van der Waals surface area contributed by atoms with Crippen LogP contribution in [0.15, 0.2) is 121 Å². The summed E-state index contributed by atoms with van der Waals surface area (Å²) in [7, 11) is 0. The largest absolute Gasteiger partial charge is 0.353 e. The minimum Gasteiger partial charge on any atom is -0.353 e. The van der Waals surface area contributed by atoms with Crippen LogP contribution in [0.4, 0.5) is 0 Å². The number of aryl methyl sites for hydroxylation is 4. The maximum atomic E-state index is 3.75. The lowest BCUT2D eigenvalue weighted by atomic mass is 10.00. The van der Waals surface area contributed by atoms with Crippen LogP contribution in [0.2, 0.25) is 0 Å². The van der Waals surface area contributed by atoms with E-state index in [0.717, 1.165) is 25.7 Å². The first-order valence-electron chi connectivity index (χ1n) is 14.3. The highest BCUT2D eigenvalue weighted by molar-refractivity contribution is 6.20. The van der Waals surface area contributed by atoms with Crippen molar-refractivity contribution in [2.75, 3.05) is 0 Å². The van der Waals surface area contributed by atoms with Gasteiger partial charge >= 0.3 is 0 Å². The van der Waals surface area contributed by atoms with Crippen molar-refractivity contribution >= 4 is 54.4 Å². The van der Waals surface area contributed by atoms with E-state index in [0.29, 0.717) is 0 Å². The molecule has 192 valence electrons. The highest BCUT2D eigenvalue weighted by Gasteiger charge is 2.13. The van der Waals surface area contributed by atoms with Crippen molar-refractivity contribution in [1.82, 2.24) is 9.97 Å². The first-order chi connectivity index (χ1) is 19.8. The molecule has 8 aromatic rings. The van der Waals surface area contributed by atoms with Crippen molar-refractivity contribution in [2.45, 2.75) is 25.7 Å². The van der Waals surface area contributed by atoms with Crippen molar-refractivity contribution < 1.29 is 0 Å². The molecule has 2 heterocycles.